The van der Waals surface area contributed by atoms with Gasteiger partial charge in [-0.05, 0) is 30.2 Å². The molecule has 4 nitrogen and oxygen atoms in total. The first-order valence-electron chi connectivity index (χ1n) is 8.25. The molecular weight excluding hydrogens is 401 g/mol. The van der Waals surface area contributed by atoms with Gasteiger partial charge in [0.15, 0.2) is 5.96 Å². The second-order valence-corrected chi connectivity index (χ2v) is 6.21. The molecule has 0 aliphatic heterocycles. The number of halogens is 1. The van der Waals surface area contributed by atoms with Gasteiger partial charge in [-0.1, -0.05) is 43.2 Å². The number of hydrogen-bond donors (Lipinski definition) is 2. The lowest BCUT2D eigenvalue weighted by atomic mass is 9.83. The number of benzene rings is 1. The minimum absolute atomic E-state index is 0. The van der Waals surface area contributed by atoms with Gasteiger partial charge in [-0.15, -0.1) is 24.0 Å². The van der Waals surface area contributed by atoms with E-state index in [1.807, 2.05) is 13.1 Å². The molecule has 0 saturated heterocycles. The quantitative estimate of drug-likeness (QED) is 0.394. The first-order valence-corrected chi connectivity index (χ1v) is 8.25. The highest BCUT2D eigenvalue weighted by Crippen LogP contribution is 2.40. The average Bonchev–Trinajstić information content (AvgIpc) is 3.03. The summed E-state index contributed by atoms with van der Waals surface area (Å²) in [5, 5.41) is 6.91. The molecule has 2 rings (SSSR count). The van der Waals surface area contributed by atoms with Crippen LogP contribution in [0.1, 0.15) is 37.7 Å². The zero-order valence-electron chi connectivity index (χ0n) is 14.3. The average molecular weight is 431 g/mol. The first kappa shape index (κ1) is 20.2. The molecule has 130 valence electrons. The summed E-state index contributed by atoms with van der Waals surface area (Å²) in [7, 11) is 3.62. The van der Waals surface area contributed by atoms with E-state index in [4.69, 9.17) is 4.74 Å². The molecule has 1 aliphatic rings. The van der Waals surface area contributed by atoms with Crippen LogP contribution in [0.2, 0.25) is 0 Å². The van der Waals surface area contributed by atoms with Crippen LogP contribution in [0, 0.1) is 5.41 Å². The maximum atomic E-state index is 5.29. The minimum atomic E-state index is 0. The molecule has 0 amide bonds. The Morgan fingerprint density at radius 1 is 1.17 bits per heavy atom. The van der Waals surface area contributed by atoms with E-state index in [9.17, 15) is 0 Å². The Hall–Kier alpha value is -0.820. The van der Waals surface area contributed by atoms with Crippen LogP contribution in [0.4, 0.5) is 0 Å². The summed E-state index contributed by atoms with van der Waals surface area (Å²) in [4.78, 5) is 4.34. The Labute approximate surface area is 157 Å². The largest absolute Gasteiger partial charge is 0.385 e. The maximum absolute atomic E-state index is 5.29. The highest BCUT2D eigenvalue weighted by molar-refractivity contribution is 14.0. The SMILES string of the molecule is CN=C(NCc1ccccc1)NCC1(CCOC)CCCC1.I. The van der Waals surface area contributed by atoms with Crippen molar-refractivity contribution in [2.75, 3.05) is 27.3 Å². The molecule has 2 N–H and O–H groups in total. The topological polar surface area (TPSA) is 45.7 Å². The van der Waals surface area contributed by atoms with E-state index < -0.39 is 0 Å². The van der Waals surface area contributed by atoms with Crippen LogP contribution in [0.5, 0.6) is 0 Å². The number of nitrogens with zero attached hydrogens (tertiary/aromatic N) is 1. The summed E-state index contributed by atoms with van der Waals surface area (Å²) in [6, 6.07) is 10.4. The van der Waals surface area contributed by atoms with Crippen LogP contribution < -0.4 is 10.6 Å². The number of aliphatic imine (C=N–C) groups is 1. The first-order chi connectivity index (χ1) is 10.8. The van der Waals surface area contributed by atoms with E-state index in [0.29, 0.717) is 5.41 Å². The van der Waals surface area contributed by atoms with Gasteiger partial charge in [-0.3, -0.25) is 4.99 Å². The van der Waals surface area contributed by atoms with E-state index in [1.54, 1.807) is 7.11 Å². The summed E-state index contributed by atoms with van der Waals surface area (Å²) in [5.41, 5.74) is 1.64. The second kappa shape index (κ2) is 10.9. The predicted molar refractivity (Wildman–Crippen MR) is 107 cm³/mol. The second-order valence-electron chi connectivity index (χ2n) is 6.21. The lowest BCUT2D eigenvalue weighted by molar-refractivity contribution is 0.138. The van der Waals surface area contributed by atoms with E-state index >= 15 is 0 Å². The van der Waals surface area contributed by atoms with Gasteiger partial charge in [0.2, 0.25) is 0 Å². The molecular formula is C18H30IN3O. The summed E-state index contributed by atoms with van der Waals surface area (Å²) in [5.74, 6) is 0.882. The molecule has 0 aromatic heterocycles. The van der Waals surface area contributed by atoms with Gasteiger partial charge in [-0.25, -0.2) is 0 Å². The zero-order chi connectivity index (χ0) is 15.7. The van der Waals surface area contributed by atoms with Gasteiger partial charge in [0.25, 0.3) is 0 Å². The molecule has 5 heteroatoms. The molecule has 0 radical (unpaired) electrons. The third kappa shape index (κ3) is 6.67. The summed E-state index contributed by atoms with van der Waals surface area (Å²) in [6.45, 7) is 2.62. The van der Waals surface area contributed by atoms with Crippen molar-refractivity contribution in [1.29, 1.82) is 0 Å². The van der Waals surface area contributed by atoms with Crippen LogP contribution in [0.3, 0.4) is 0 Å². The smallest absolute Gasteiger partial charge is 0.191 e. The Morgan fingerprint density at radius 2 is 1.87 bits per heavy atom. The third-order valence-corrected chi connectivity index (χ3v) is 4.66. The molecule has 0 bridgehead atoms. The van der Waals surface area contributed by atoms with Gasteiger partial charge < -0.3 is 15.4 Å². The van der Waals surface area contributed by atoms with Gasteiger partial charge in [-0.2, -0.15) is 0 Å². The van der Waals surface area contributed by atoms with Gasteiger partial charge in [0.05, 0.1) is 0 Å². The Balaban J connectivity index is 0.00000264. The Morgan fingerprint density at radius 3 is 2.48 bits per heavy atom. The fraction of sp³-hybridized carbons (Fsp3) is 0.611. The number of methoxy groups -OCH3 is 1. The van der Waals surface area contributed by atoms with Gasteiger partial charge >= 0.3 is 0 Å². The normalized spacial score (nSPS) is 16.7. The number of hydrogen-bond acceptors (Lipinski definition) is 2. The van der Waals surface area contributed by atoms with Crippen molar-refractivity contribution in [2.45, 2.75) is 38.6 Å². The predicted octanol–water partition coefficient (Wildman–Crippen LogP) is 3.57. The number of ether oxygens (including phenoxy) is 1. The molecule has 23 heavy (non-hydrogen) atoms. The molecule has 1 aliphatic carbocycles. The number of rotatable bonds is 7. The van der Waals surface area contributed by atoms with Crippen LogP contribution in [0.15, 0.2) is 35.3 Å². The molecule has 1 aromatic rings. The highest BCUT2D eigenvalue weighted by atomic mass is 127. The third-order valence-electron chi connectivity index (χ3n) is 4.66. The number of nitrogens with one attached hydrogen (secondary N) is 2. The standard InChI is InChI=1S/C18H29N3O.HI/c1-19-17(20-14-16-8-4-3-5-9-16)21-15-18(12-13-22-2)10-6-7-11-18;/h3-5,8-9H,6-7,10-15H2,1-2H3,(H2,19,20,21);1H. The van der Waals surface area contributed by atoms with Crippen molar-refractivity contribution in [1.82, 2.24) is 10.6 Å². The van der Waals surface area contributed by atoms with E-state index in [0.717, 1.165) is 32.1 Å². The molecule has 1 saturated carbocycles. The highest BCUT2D eigenvalue weighted by Gasteiger charge is 2.33. The summed E-state index contributed by atoms with van der Waals surface area (Å²) >= 11 is 0. The van der Waals surface area contributed by atoms with Crippen LogP contribution in [-0.4, -0.2) is 33.3 Å². The van der Waals surface area contributed by atoms with Crippen molar-refractivity contribution >= 4 is 29.9 Å². The Bertz CT molecular complexity index is 459. The van der Waals surface area contributed by atoms with Crippen LogP contribution in [-0.2, 0) is 11.3 Å². The maximum Gasteiger partial charge on any atom is 0.191 e. The van der Waals surface area contributed by atoms with Crippen molar-refractivity contribution in [3.8, 4) is 0 Å². The minimum Gasteiger partial charge on any atom is -0.385 e. The zero-order valence-corrected chi connectivity index (χ0v) is 16.6. The number of guanidine groups is 1. The molecule has 0 spiro atoms. The fourth-order valence-corrected chi connectivity index (χ4v) is 3.23. The molecule has 1 aromatic carbocycles. The molecule has 0 atom stereocenters. The molecule has 0 heterocycles. The van der Waals surface area contributed by atoms with Crippen molar-refractivity contribution in [3.05, 3.63) is 35.9 Å². The lowest BCUT2D eigenvalue weighted by Crippen LogP contribution is -2.43. The van der Waals surface area contributed by atoms with Crippen molar-refractivity contribution < 1.29 is 4.74 Å². The van der Waals surface area contributed by atoms with Gasteiger partial charge in [0, 0.05) is 33.9 Å². The monoisotopic (exact) mass is 431 g/mol. The van der Waals surface area contributed by atoms with Crippen LogP contribution in [0.25, 0.3) is 0 Å². The summed E-state index contributed by atoms with van der Waals surface area (Å²) < 4.78 is 5.29. The lowest BCUT2D eigenvalue weighted by Gasteiger charge is -2.30. The van der Waals surface area contributed by atoms with E-state index in [2.05, 4.69) is 39.9 Å². The fourth-order valence-electron chi connectivity index (χ4n) is 3.23. The van der Waals surface area contributed by atoms with E-state index in [-0.39, 0.29) is 24.0 Å². The van der Waals surface area contributed by atoms with Crippen LogP contribution >= 0.6 is 24.0 Å². The van der Waals surface area contributed by atoms with Crippen molar-refractivity contribution in [2.24, 2.45) is 10.4 Å². The summed E-state index contributed by atoms with van der Waals surface area (Å²) in [6.07, 6.45) is 6.38. The van der Waals surface area contributed by atoms with Gasteiger partial charge in [0.1, 0.15) is 0 Å². The van der Waals surface area contributed by atoms with Crippen molar-refractivity contribution in [3.63, 3.8) is 0 Å². The molecule has 1 fully saturated rings. The Kier molecular flexibility index (Phi) is 9.55. The van der Waals surface area contributed by atoms with E-state index in [1.165, 1.54) is 31.2 Å². The molecule has 0 unspecified atom stereocenters.